The number of aromatic amines is 1. The Labute approximate surface area is 122 Å². The van der Waals surface area contributed by atoms with Crippen LogP contribution in [-0.4, -0.2) is 38.3 Å². The molecule has 3 N–H and O–H groups in total. The number of aromatic carboxylic acids is 1. The molecule has 0 aliphatic carbocycles. The van der Waals surface area contributed by atoms with E-state index < -0.39 is 5.97 Å². The molecule has 0 aromatic carbocycles. The Bertz CT molecular complexity index is 684. The monoisotopic (exact) mass is 290 g/mol. The van der Waals surface area contributed by atoms with Gasteiger partial charge in [0.05, 0.1) is 11.8 Å². The van der Waals surface area contributed by atoms with Crippen LogP contribution < -0.4 is 5.32 Å². The molecular weight excluding hydrogens is 272 g/mol. The molecule has 2 heterocycles. The molecular formula is C14H18N4O3. The molecule has 7 heteroatoms. The summed E-state index contributed by atoms with van der Waals surface area (Å²) in [5.41, 5.74) is 2.51. The van der Waals surface area contributed by atoms with Crippen LogP contribution in [0.15, 0.2) is 12.4 Å². The van der Waals surface area contributed by atoms with Gasteiger partial charge >= 0.3 is 5.97 Å². The van der Waals surface area contributed by atoms with Crippen LogP contribution in [0.3, 0.4) is 0 Å². The van der Waals surface area contributed by atoms with Gasteiger partial charge in [-0.15, -0.1) is 0 Å². The molecule has 0 aliphatic heterocycles. The molecule has 0 aliphatic rings. The number of hydrogen-bond acceptors (Lipinski definition) is 3. The van der Waals surface area contributed by atoms with E-state index in [1.54, 1.807) is 24.7 Å². The van der Waals surface area contributed by atoms with Crippen LogP contribution in [0.2, 0.25) is 0 Å². The standard InChI is InChI=1S/C14H18N4O3/c1-8-11(9(2)17-12(8)14(20)21)13(19)15-5-4-10-6-16-18(3)7-10/h6-7,17H,4-5H2,1-3H3,(H,15,19)(H,20,21). The summed E-state index contributed by atoms with van der Waals surface area (Å²) in [5, 5.41) is 15.9. The Hall–Kier alpha value is -2.57. The fraction of sp³-hybridized carbons (Fsp3) is 0.357. The zero-order valence-corrected chi connectivity index (χ0v) is 12.2. The van der Waals surface area contributed by atoms with Crippen LogP contribution in [0.1, 0.15) is 37.7 Å². The van der Waals surface area contributed by atoms with Crippen LogP contribution in [0.5, 0.6) is 0 Å². The van der Waals surface area contributed by atoms with Gasteiger partial charge in [0.15, 0.2) is 0 Å². The first kappa shape index (κ1) is 14.8. The highest BCUT2D eigenvalue weighted by Gasteiger charge is 2.21. The third-order valence-electron chi connectivity index (χ3n) is 3.34. The Kier molecular flexibility index (Phi) is 4.11. The van der Waals surface area contributed by atoms with Gasteiger partial charge in [-0.25, -0.2) is 4.79 Å². The second kappa shape index (κ2) is 5.82. The van der Waals surface area contributed by atoms with E-state index in [4.69, 9.17) is 5.11 Å². The summed E-state index contributed by atoms with van der Waals surface area (Å²) >= 11 is 0. The van der Waals surface area contributed by atoms with Gasteiger partial charge in [0.1, 0.15) is 5.69 Å². The highest BCUT2D eigenvalue weighted by atomic mass is 16.4. The number of carboxylic acids is 1. The molecule has 2 aromatic rings. The van der Waals surface area contributed by atoms with Crippen molar-refractivity contribution < 1.29 is 14.7 Å². The van der Waals surface area contributed by atoms with Crippen molar-refractivity contribution in [1.82, 2.24) is 20.1 Å². The molecule has 7 nitrogen and oxygen atoms in total. The highest BCUT2D eigenvalue weighted by Crippen LogP contribution is 2.17. The molecule has 1 amide bonds. The fourth-order valence-corrected chi connectivity index (χ4v) is 2.31. The molecule has 112 valence electrons. The maximum atomic E-state index is 12.2. The van der Waals surface area contributed by atoms with Crippen molar-refractivity contribution in [3.05, 3.63) is 40.5 Å². The molecule has 0 unspecified atom stereocenters. The zero-order chi connectivity index (χ0) is 15.6. The summed E-state index contributed by atoms with van der Waals surface area (Å²) in [6.45, 7) is 3.79. The predicted molar refractivity (Wildman–Crippen MR) is 76.5 cm³/mol. The van der Waals surface area contributed by atoms with E-state index in [1.807, 2.05) is 13.2 Å². The number of aromatic nitrogens is 3. The van der Waals surface area contributed by atoms with Gasteiger partial charge in [0.2, 0.25) is 0 Å². The summed E-state index contributed by atoms with van der Waals surface area (Å²) in [6.07, 6.45) is 4.32. The topological polar surface area (TPSA) is 100 Å². The van der Waals surface area contributed by atoms with E-state index in [-0.39, 0.29) is 11.6 Å². The van der Waals surface area contributed by atoms with Crippen LogP contribution in [0.4, 0.5) is 0 Å². The average Bonchev–Trinajstić information content (AvgIpc) is 2.93. The van der Waals surface area contributed by atoms with Crippen molar-refractivity contribution in [3.8, 4) is 0 Å². The molecule has 2 rings (SSSR count). The minimum absolute atomic E-state index is 0.0601. The van der Waals surface area contributed by atoms with E-state index in [0.717, 1.165) is 5.56 Å². The van der Waals surface area contributed by atoms with Gasteiger partial charge in [-0.3, -0.25) is 9.48 Å². The lowest BCUT2D eigenvalue weighted by Crippen LogP contribution is -2.26. The summed E-state index contributed by atoms with van der Waals surface area (Å²) in [4.78, 5) is 25.9. The molecule has 0 spiro atoms. The molecule has 0 saturated carbocycles. The van der Waals surface area contributed by atoms with Crippen molar-refractivity contribution in [2.45, 2.75) is 20.3 Å². The second-order valence-corrected chi connectivity index (χ2v) is 4.96. The number of carboxylic acid groups (broad SMARTS) is 1. The van der Waals surface area contributed by atoms with E-state index in [0.29, 0.717) is 29.8 Å². The third kappa shape index (κ3) is 3.13. The number of nitrogens with zero attached hydrogens (tertiary/aromatic N) is 2. The molecule has 21 heavy (non-hydrogen) atoms. The SMILES string of the molecule is Cc1[nH]c(C(=O)O)c(C)c1C(=O)NCCc1cnn(C)c1. The molecule has 2 aromatic heterocycles. The van der Waals surface area contributed by atoms with Crippen molar-refractivity contribution >= 4 is 11.9 Å². The first-order valence-electron chi connectivity index (χ1n) is 6.58. The van der Waals surface area contributed by atoms with Crippen molar-refractivity contribution in [2.75, 3.05) is 6.54 Å². The minimum Gasteiger partial charge on any atom is -0.477 e. The van der Waals surface area contributed by atoms with E-state index >= 15 is 0 Å². The number of hydrogen-bond donors (Lipinski definition) is 3. The minimum atomic E-state index is -1.06. The Morgan fingerprint density at radius 1 is 1.43 bits per heavy atom. The van der Waals surface area contributed by atoms with Gasteiger partial charge < -0.3 is 15.4 Å². The lowest BCUT2D eigenvalue weighted by atomic mass is 10.1. The van der Waals surface area contributed by atoms with Crippen molar-refractivity contribution in [1.29, 1.82) is 0 Å². The largest absolute Gasteiger partial charge is 0.477 e. The molecule has 0 atom stereocenters. The number of aryl methyl sites for hydroxylation is 2. The number of rotatable bonds is 5. The Balaban J connectivity index is 2.02. The molecule has 0 radical (unpaired) electrons. The lowest BCUT2D eigenvalue weighted by Gasteiger charge is -2.05. The Morgan fingerprint density at radius 3 is 2.67 bits per heavy atom. The molecule has 0 fully saturated rings. The Morgan fingerprint density at radius 2 is 2.14 bits per heavy atom. The van der Waals surface area contributed by atoms with E-state index in [9.17, 15) is 9.59 Å². The van der Waals surface area contributed by atoms with Crippen LogP contribution in [-0.2, 0) is 13.5 Å². The summed E-state index contributed by atoms with van der Waals surface area (Å²) in [7, 11) is 1.84. The van der Waals surface area contributed by atoms with Gasteiger partial charge in [-0.1, -0.05) is 0 Å². The van der Waals surface area contributed by atoms with Gasteiger partial charge in [-0.05, 0) is 31.4 Å². The first-order valence-corrected chi connectivity index (χ1v) is 6.58. The van der Waals surface area contributed by atoms with Crippen LogP contribution in [0.25, 0.3) is 0 Å². The molecule has 0 saturated heterocycles. The van der Waals surface area contributed by atoms with Gasteiger partial charge in [0.25, 0.3) is 5.91 Å². The van der Waals surface area contributed by atoms with Gasteiger partial charge in [-0.2, -0.15) is 5.10 Å². The first-order chi connectivity index (χ1) is 9.90. The van der Waals surface area contributed by atoms with Gasteiger partial charge in [0, 0.05) is 25.5 Å². The maximum absolute atomic E-state index is 12.2. The highest BCUT2D eigenvalue weighted by molar-refractivity contribution is 6.00. The number of carbonyl (C=O) groups is 2. The number of carbonyl (C=O) groups excluding carboxylic acids is 1. The van der Waals surface area contributed by atoms with Crippen molar-refractivity contribution in [2.24, 2.45) is 7.05 Å². The number of H-pyrrole nitrogens is 1. The summed E-state index contributed by atoms with van der Waals surface area (Å²) in [5.74, 6) is -1.33. The number of nitrogens with one attached hydrogen (secondary N) is 2. The normalized spacial score (nSPS) is 10.6. The maximum Gasteiger partial charge on any atom is 0.352 e. The number of amides is 1. The third-order valence-corrected chi connectivity index (χ3v) is 3.34. The predicted octanol–water partition coefficient (Wildman–Crippen LogP) is 1.04. The van der Waals surface area contributed by atoms with Crippen molar-refractivity contribution in [3.63, 3.8) is 0 Å². The van der Waals surface area contributed by atoms with Crippen LogP contribution in [0, 0.1) is 13.8 Å². The quantitative estimate of drug-likeness (QED) is 0.766. The average molecular weight is 290 g/mol. The smallest absolute Gasteiger partial charge is 0.352 e. The zero-order valence-electron chi connectivity index (χ0n) is 12.2. The lowest BCUT2D eigenvalue weighted by molar-refractivity contribution is 0.0690. The van der Waals surface area contributed by atoms with E-state index in [2.05, 4.69) is 15.4 Å². The van der Waals surface area contributed by atoms with E-state index in [1.165, 1.54) is 0 Å². The van der Waals surface area contributed by atoms with Crippen LogP contribution >= 0.6 is 0 Å². The molecule has 0 bridgehead atoms. The summed E-state index contributed by atoms with van der Waals surface area (Å²) in [6, 6.07) is 0. The summed E-state index contributed by atoms with van der Waals surface area (Å²) < 4.78 is 1.71. The second-order valence-electron chi connectivity index (χ2n) is 4.96. The fourth-order valence-electron chi connectivity index (χ4n) is 2.31.